The van der Waals surface area contributed by atoms with Gasteiger partial charge in [0.1, 0.15) is 0 Å². The number of benzene rings is 1. The average molecular weight is 462 g/mol. The van der Waals surface area contributed by atoms with Crippen molar-refractivity contribution in [2.75, 3.05) is 26.7 Å². The van der Waals surface area contributed by atoms with Crippen LogP contribution in [0, 0.1) is 17.3 Å². The Hall–Kier alpha value is -2.02. The number of H-pyrrole nitrogens is 1. The third kappa shape index (κ3) is 3.96. The Morgan fingerprint density at radius 3 is 2.73 bits per heavy atom. The van der Waals surface area contributed by atoms with Crippen molar-refractivity contribution in [2.24, 2.45) is 17.3 Å². The van der Waals surface area contributed by atoms with Crippen molar-refractivity contribution >= 4 is 16.8 Å². The fourth-order valence-electron chi connectivity index (χ4n) is 7.01. The first kappa shape index (κ1) is 22.8. The summed E-state index contributed by atoms with van der Waals surface area (Å²) in [7, 11) is 1.74. The van der Waals surface area contributed by atoms with E-state index in [1.54, 1.807) is 13.1 Å². The fraction of sp³-hybridized carbons (Fsp3) is 0.654. The highest BCUT2D eigenvalue weighted by molar-refractivity contribution is 5.86. The summed E-state index contributed by atoms with van der Waals surface area (Å²) in [5, 5.41) is 3.62. The molecule has 1 saturated carbocycles. The second-order valence-corrected chi connectivity index (χ2v) is 10.6. The smallest absolute Gasteiger partial charge is 0.359 e. The second kappa shape index (κ2) is 8.33. The second-order valence-electron chi connectivity index (χ2n) is 10.6. The fourth-order valence-corrected chi connectivity index (χ4v) is 7.01. The van der Waals surface area contributed by atoms with Crippen LogP contribution in [-0.2, 0) is 17.4 Å². The van der Waals surface area contributed by atoms with Crippen LogP contribution in [0.5, 0.6) is 0 Å². The summed E-state index contributed by atoms with van der Waals surface area (Å²) in [4.78, 5) is 18.5. The molecule has 1 amide bonds. The van der Waals surface area contributed by atoms with Gasteiger partial charge < -0.3 is 15.2 Å². The van der Waals surface area contributed by atoms with Crippen molar-refractivity contribution in [1.29, 1.82) is 0 Å². The highest BCUT2D eigenvalue weighted by Crippen LogP contribution is 2.47. The highest BCUT2D eigenvalue weighted by Gasteiger charge is 2.43. The van der Waals surface area contributed by atoms with Crippen molar-refractivity contribution in [3.63, 3.8) is 0 Å². The molecule has 5 rings (SSSR count). The van der Waals surface area contributed by atoms with Gasteiger partial charge >= 0.3 is 6.18 Å². The van der Waals surface area contributed by atoms with Gasteiger partial charge in [-0.15, -0.1) is 0 Å². The Balaban J connectivity index is 1.35. The van der Waals surface area contributed by atoms with Gasteiger partial charge in [0.2, 0.25) is 5.91 Å². The van der Waals surface area contributed by atoms with E-state index >= 15 is 0 Å². The molecule has 0 unspecified atom stereocenters. The highest BCUT2D eigenvalue weighted by atomic mass is 19.4. The molecule has 2 N–H and O–H groups in total. The zero-order valence-electron chi connectivity index (χ0n) is 19.5. The Labute approximate surface area is 193 Å². The van der Waals surface area contributed by atoms with Crippen LogP contribution >= 0.6 is 0 Å². The molecule has 1 saturated heterocycles. The molecule has 4 nitrogen and oxygen atoms in total. The molecule has 1 aliphatic heterocycles. The zero-order chi connectivity index (χ0) is 23.4. The van der Waals surface area contributed by atoms with Crippen LogP contribution in [0.3, 0.4) is 0 Å². The van der Waals surface area contributed by atoms with Gasteiger partial charge in [0.15, 0.2) is 0 Å². The predicted molar refractivity (Wildman–Crippen MR) is 123 cm³/mol. The summed E-state index contributed by atoms with van der Waals surface area (Å²) in [5.74, 6) is 1.38. The van der Waals surface area contributed by atoms with Crippen molar-refractivity contribution in [2.45, 2.75) is 64.0 Å². The largest absolute Gasteiger partial charge is 0.416 e. The first-order valence-corrected chi connectivity index (χ1v) is 12.4. The van der Waals surface area contributed by atoms with Crippen LogP contribution in [0.4, 0.5) is 13.2 Å². The number of alkyl halides is 3. The van der Waals surface area contributed by atoms with Crippen LogP contribution in [-0.4, -0.2) is 42.5 Å². The molecule has 1 aromatic carbocycles. The Morgan fingerprint density at radius 2 is 2.03 bits per heavy atom. The molecule has 0 bridgehead atoms. The number of hydrogen-bond donors (Lipinski definition) is 2. The lowest BCUT2D eigenvalue weighted by atomic mass is 9.68. The number of rotatable bonds is 4. The van der Waals surface area contributed by atoms with Gasteiger partial charge in [-0.05, 0) is 86.7 Å². The maximum atomic E-state index is 13.4. The molecule has 0 spiro atoms. The minimum Gasteiger partial charge on any atom is -0.359 e. The van der Waals surface area contributed by atoms with Gasteiger partial charge in [-0.1, -0.05) is 19.8 Å². The van der Waals surface area contributed by atoms with E-state index in [-0.39, 0.29) is 17.2 Å². The molecule has 33 heavy (non-hydrogen) atoms. The summed E-state index contributed by atoms with van der Waals surface area (Å²) in [6.07, 6.45) is 2.78. The van der Waals surface area contributed by atoms with Crippen LogP contribution in [0.1, 0.15) is 68.2 Å². The molecule has 2 heterocycles. The Bertz CT molecular complexity index is 1040. The number of amides is 1. The van der Waals surface area contributed by atoms with Crippen LogP contribution < -0.4 is 5.32 Å². The molecular formula is C26H34F3N3O. The molecule has 3 aliphatic rings. The lowest BCUT2D eigenvalue weighted by Gasteiger charge is -2.45. The lowest BCUT2D eigenvalue weighted by molar-refractivity contribution is -0.137. The first-order valence-electron chi connectivity index (χ1n) is 12.4. The quantitative estimate of drug-likeness (QED) is 0.633. The van der Waals surface area contributed by atoms with Crippen molar-refractivity contribution in [3.05, 3.63) is 35.0 Å². The van der Waals surface area contributed by atoms with Gasteiger partial charge in [-0.3, -0.25) is 4.79 Å². The number of fused-ring (bicyclic) bond motifs is 4. The van der Waals surface area contributed by atoms with E-state index in [2.05, 4.69) is 22.1 Å². The minimum absolute atomic E-state index is 0.185. The zero-order valence-corrected chi connectivity index (χ0v) is 19.5. The van der Waals surface area contributed by atoms with Gasteiger partial charge in [-0.25, -0.2) is 0 Å². The monoisotopic (exact) mass is 461 g/mol. The van der Waals surface area contributed by atoms with E-state index in [1.807, 2.05) is 0 Å². The van der Waals surface area contributed by atoms with Crippen LogP contribution in [0.2, 0.25) is 0 Å². The number of halogens is 3. The molecule has 2 aliphatic carbocycles. The van der Waals surface area contributed by atoms with E-state index in [0.717, 1.165) is 86.7 Å². The molecule has 180 valence electrons. The number of nitrogens with one attached hydrogen (secondary N) is 2. The summed E-state index contributed by atoms with van der Waals surface area (Å²) in [6.45, 7) is 5.10. The number of nitrogens with zero attached hydrogens (tertiary/aromatic N) is 1. The standard InChI is InChI=1S/C26H34F3N3O/c1-16-20-15-32(12-10-25(24(33)30-2)8-3-4-9-25)11-7-17(20)13-22-23(16)19-14-18(26(27,28)29)5-6-21(19)31-22/h5-6,14,16-17,20,31H,3-4,7-13,15H2,1-2H3,(H,30,33)/t16-,17-,20-/m1/s1. The number of likely N-dealkylation sites (tertiary alicyclic amines) is 1. The lowest BCUT2D eigenvalue weighted by Crippen LogP contribution is -2.47. The van der Waals surface area contributed by atoms with Crippen molar-refractivity contribution in [3.8, 4) is 0 Å². The topological polar surface area (TPSA) is 48.1 Å². The number of hydrogen-bond acceptors (Lipinski definition) is 2. The minimum atomic E-state index is -4.33. The molecule has 2 fully saturated rings. The maximum Gasteiger partial charge on any atom is 0.416 e. The Kier molecular flexibility index (Phi) is 5.74. The SMILES string of the molecule is CNC(=O)C1(CCN2CC[C@@H]3Cc4[nH]c5ccc(C(F)(F)F)cc5c4[C@H](C)[C@H]3C2)CCCC1. The van der Waals surface area contributed by atoms with E-state index in [1.165, 1.54) is 12.1 Å². The van der Waals surface area contributed by atoms with E-state index in [0.29, 0.717) is 11.8 Å². The summed E-state index contributed by atoms with van der Waals surface area (Å²) < 4.78 is 40.1. The number of carbonyl (C=O) groups excluding carboxylic acids is 1. The van der Waals surface area contributed by atoms with E-state index < -0.39 is 11.7 Å². The molecule has 0 radical (unpaired) electrons. The number of aromatic amines is 1. The molecule has 2 aromatic rings. The van der Waals surface area contributed by atoms with Gasteiger partial charge in [0.25, 0.3) is 0 Å². The summed E-state index contributed by atoms with van der Waals surface area (Å²) in [5.41, 5.74) is 2.21. The molecular weight excluding hydrogens is 427 g/mol. The average Bonchev–Trinajstić information content (AvgIpc) is 3.41. The van der Waals surface area contributed by atoms with Crippen molar-refractivity contribution < 1.29 is 18.0 Å². The van der Waals surface area contributed by atoms with Crippen LogP contribution in [0.15, 0.2) is 18.2 Å². The molecule has 1 aromatic heterocycles. The summed E-state index contributed by atoms with van der Waals surface area (Å²) in [6, 6.07) is 4.09. The van der Waals surface area contributed by atoms with Crippen LogP contribution in [0.25, 0.3) is 10.9 Å². The Morgan fingerprint density at radius 1 is 1.27 bits per heavy atom. The van der Waals surface area contributed by atoms with E-state index in [9.17, 15) is 18.0 Å². The summed E-state index contributed by atoms with van der Waals surface area (Å²) >= 11 is 0. The van der Waals surface area contributed by atoms with Gasteiger partial charge in [0, 0.05) is 30.2 Å². The maximum absolute atomic E-state index is 13.4. The van der Waals surface area contributed by atoms with Gasteiger partial charge in [0.05, 0.1) is 11.0 Å². The van der Waals surface area contributed by atoms with Gasteiger partial charge in [-0.2, -0.15) is 13.2 Å². The third-order valence-electron chi connectivity index (χ3n) is 8.88. The third-order valence-corrected chi connectivity index (χ3v) is 8.88. The van der Waals surface area contributed by atoms with Crippen molar-refractivity contribution in [1.82, 2.24) is 15.2 Å². The number of carbonyl (C=O) groups is 1. The number of piperidine rings is 1. The molecule has 3 atom stereocenters. The normalized spacial score (nSPS) is 27.4. The number of aromatic nitrogens is 1. The first-order chi connectivity index (χ1) is 15.7. The predicted octanol–water partition coefficient (Wildman–Crippen LogP) is 5.48. The van der Waals surface area contributed by atoms with E-state index in [4.69, 9.17) is 0 Å². The molecule has 7 heteroatoms.